The Balaban J connectivity index is 1.70. The Hall–Kier alpha value is -1.14. The van der Waals surface area contributed by atoms with Crippen LogP contribution in [0.4, 0.5) is 0 Å². The van der Waals surface area contributed by atoms with Gasteiger partial charge in [0.15, 0.2) is 0 Å². The molecule has 116 valence electrons. The fourth-order valence-electron chi connectivity index (χ4n) is 3.35. The van der Waals surface area contributed by atoms with Crippen molar-refractivity contribution in [3.8, 4) is 5.75 Å². The first-order valence-corrected chi connectivity index (χ1v) is 7.76. The highest BCUT2D eigenvalue weighted by molar-refractivity contribution is 5.37. The Morgan fingerprint density at radius 1 is 1.38 bits per heavy atom. The van der Waals surface area contributed by atoms with E-state index in [0.717, 1.165) is 44.9 Å². The summed E-state index contributed by atoms with van der Waals surface area (Å²) in [5, 5.41) is 0. The van der Waals surface area contributed by atoms with Crippen LogP contribution in [0.5, 0.6) is 5.75 Å². The van der Waals surface area contributed by atoms with Gasteiger partial charge in [0.1, 0.15) is 5.75 Å². The molecule has 5 heteroatoms. The molecule has 3 N–H and O–H groups in total. The van der Waals surface area contributed by atoms with Crippen molar-refractivity contribution in [1.82, 2.24) is 10.3 Å². The SMILES string of the molecule is CN1CCOC(C(CC2CCOc3ccccc32)NN)C1. The Morgan fingerprint density at radius 3 is 3.05 bits per heavy atom. The summed E-state index contributed by atoms with van der Waals surface area (Å²) in [6.07, 6.45) is 2.18. The van der Waals surface area contributed by atoms with Gasteiger partial charge in [-0.05, 0) is 37.4 Å². The lowest BCUT2D eigenvalue weighted by atomic mass is 9.86. The summed E-state index contributed by atoms with van der Waals surface area (Å²) in [6.45, 7) is 3.49. The monoisotopic (exact) mass is 291 g/mol. The van der Waals surface area contributed by atoms with Crippen LogP contribution in [0.2, 0.25) is 0 Å². The highest BCUT2D eigenvalue weighted by atomic mass is 16.5. The highest BCUT2D eigenvalue weighted by Crippen LogP contribution is 2.36. The van der Waals surface area contributed by atoms with Crippen LogP contribution in [0.3, 0.4) is 0 Å². The molecule has 0 amide bonds. The molecule has 2 heterocycles. The zero-order valence-corrected chi connectivity index (χ0v) is 12.6. The number of hydrogen-bond donors (Lipinski definition) is 2. The summed E-state index contributed by atoms with van der Waals surface area (Å²) in [5.74, 6) is 7.30. The lowest BCUT2D eigenvalue weighted by Crippen LogP contribution is -2.53. The molecule has 2 aliphatic rings. The third-order valence-electron chi connectivity index (χ3n) is 4.58. The Morgan fingerprint density at radius 2 is 2.24 bits per heavy atom. The molecule has 0 spiro atoms. The summed E-state index contributed by atoms with van der Waals surface area (Å²) in [7, 11) is 2.13. The quantitative estimate of drug-likeness (QED) is 0.643. The maximum Gasteiger partial charge on any atom is 0.122 e. The number of nitrogens with one attached hydrogen (secondary N) is 1. The number of nitrogens with two attached hydrogens (primary N) is 1. The number of morpholine rings is 1. The maximum atomic E-state index is 5.92. The Labute approximate surface area is 126 Å². The Bertz CT molecular complexity index is 469. The summed E-state index contributed by atoms with van der Waals surface area (Å²) in [6, 6.07) is 8.50. The second-order valence-corrected chi connectivity index (χ2v) is 6.05. The van der Waals surface area contributed by atoms with Crippen LogP contribution in [0.25, 0.3) is 0 Å². The van der Waals surface area contributed by atoms with E-state index in [9.17, 15) is 0 Å². The molecule has 0 aromatic heterocycles. The largest absolute Gasteiger partial charge is 0.493 e. The van der Waals surface area contributed by atoms with Gasteiger partial charge in [0, 0.05) is 19.1 Å². The van der Waals surface area contributed by atoms with E-state index in [-0.39, 0.29) is 12.1 Å². The van der Waals surface area contributed by atoms with Gasteiger partial charge < -0.3 is 14.4 Å². The van der Waals surface area contributed by atoms with Gasteiger partial charge in [-0.1, -0.05) is 18.2 Å². The van der Waals surface area contributed by atoms with E-state index >= 15 is 0 Å². The molecule has 1 saturated heterocycles. The van der Waals surface area contributed by atoms with E-state index in [1.54, 1.807) is 0 Å². The minimum Gasteiger partial charge on any atom is -0.493 e. The van der Waals surface area contributed by atoms with Crippen molar-refractivity contribution < 1.29 is 9.47 Å². The molecule has 21 heavy (non-hydrogen) atoms. The molecule has 0 aliphatic carbocycles. The Kier molecular flexibility index (Phi) is 4.75. The average Bonchev–Trinajstić information content (AvgIpc) is 2.52. The van der Waals surface area contributed by atoms with Gasteiger partial charge in [0.05, 0.1) is 19.3 Å². The number of ether oxygens (including phenoxy) is 2. The van der Waals surface area contributed by atoms with Crippen molar-refractivity contribution in [2.75, 3.05) is 33.4 Å². The lowest BCUT2D eigenvalue weighted by Gasteiger charge is -2.37. The number of benzene rings is 1. The molecular formula is C16H25N3O2. The lowest BCUT2D eigenvalue weighted by molar-refractivity contribution is -0.0415. The summed E-state index contributed by atoms with van der Waals surface area (Å²) in [4.78, 5) is 2.30. The van der Waals surface area contributed by atoms with Crippen molar-refractivity contribution in [2.45, 2.75) is 30.9 Å². The predicted molar refractivity (Wildman–Crippen MR) is 82.3 cm³/mol. The topological polar surface area (TPSA) is 59.8 Å². The molecule has 1 fully saturated rings. The summed E-state index contributed by atoms with van der Waals surface area (Å²) < 4.78 is 11.7. The highest BCUT2D eigenvalue weighted by Gasteiger charge is 2.30. The molecule has 0 radical (unpaired) electrons. The van der Waals surface area contributed by atoms with Crippen LogP contribution in [-0.2, 0) is 4.74 Å². The number of hydrogen-bond acceptors (Lipinski definition) is 5. The third-order valence-corrected chi connectivity index (χ3v) is 4.58. The van der Waals surface area contributed by atoms with Crippen molar-refractivity contribution in [2.24, 2.45) is 5.84 Å². The van der Waals surface area contributed by atoms with Crippen molar-refractivity contribution in [1.29, 1.82) is 0 Å². The van der Waals surface area contributed by atoms with E-state index in [1.807, 2.05) is 6.07 Å². The predicted octanol–water partition coefficient (Wildman–Crippen LogP) is 1.11. The minimum atomic E-state index is 0.156. The molecule has 0 saturated carbocycles. The van der Waals surface area contributed by atoms with E-state index in [4.69, 9.17) is 15.3 Å². The van der Waals surface area contributed by atoms with Crippen molar-refractivity contribution in [3.05, 3.63) is 29.8 Å². The minimum absolute atomic E-state index is 0.156. The maximum absolute atomic E-state index is 5.92. The third kappa shape index (κ3) is 3.37. The fraction of sp³-hybridized carbons (Fsp3) is 0.625. The zero-order chi connectivity index (χ0) is 14.7. The zero-order valence-electron chi connectivity index (χ0n) is 12.6. The van der Waals surface area contributed by atoms with Gasteiger partial charge in [-0.15, -0.1) is 0 Å². The summed E-state index contributed by atoms with van der Waals surface area (Å²) >= 11 is 0. The van der Waals surface area contributed by atoms with Gasteiger partial charge >= 0.3 is 0 Å². The number of fused-ring (bicyclic) bond motifs is 1. The number of rotatable bonds is 4. The molecular weight excluding hydrogens is 266 g/mol. The van der Waals surface area contributed by atoms with Crippen LogP contribution in [0.15, 0.2) is 24.3 Å². The van der Waals surface area contributed by atoms with Gasteiger partial charge in [-0.2, -0.15) is 0 Å². The second kappa shape index (κ2) is 6.75. The molecule has 3 unspecified atom stereocenters. The standard InChI is InChI=1S/C16H25N3O2/c1-19-7-9-21-16(11-19)14(18-17)10-12-6-8-20-15-5-3-2-4-13(12)15/h2-5,12,14,16,18H,6-11,17H2,1H3. The van der Waals surface area contributed by atoms with Crippen LogP contribution >= 0.6 is 0 Å². The van der Waals surface area contributed by atoms with E-state index in [2.05, 4.69) is 35.6 Å². The number of hydrazine groups is 1. The molecule has 1 aromatic rings. The van der Waals surface area contributed by atoms with E-state index in [1.165, 1.54) is 5.56 Å². The molecule has 2 aliphatic heterocycles. The van der Waals surface area contributed by atoms with Gasteiger partial charge in [-0.3, -0.25) is 11.3 Å². The summed E-state index contributed by atoms with van der Waals surface area (Å²) in [5.41, 5.74) is 4.28. The second-order valence-electron chi connectivity index (χ2n) is 6.05. The molecule has 0 bridgehead atoms. The van der Waals surface area contributed by atoms with Gasteiger partial charge in [0.2, 0.25) is 0 Å². The smallest absolute Gasteiger partial charge is 0.122 e. The molecule has 3 rings (SSSR count). The fourth-order valence-corrected chi connectivity index (χ4v) is 3.35. The van der Waals surface area contributed by atoms with E-state index < -0.39 is 0 Å². The van der Waals surface area contributed by atoms with Gasteiger partial charge in [0.25, 0.3) is 0 Å². The van der Waals surface area contributed by atoms with Crippen LogP contribution in [-0.4, -0.2) is 50.4 Å². The van der Waals surface area contributed by atoms with E-state index in [0.29, 0.717) is 5.92 Å². The first-order valence-electron chi connectivity index (χ1n) is 7.76. The average molecular weight is 291 g/mol. The normalized spacial score (nSPS) is 27.7. The van der Waals surface area contributed by atoms with Crippen LogP contribution < -0.4 is 16.0 Å². The van der Waals surface area contributed by atoms with Crippen LogP contribution in [0.1, 0.15) is 24.3 Å². The molecule has 1 aromatic carbocycles. The van der Waals surface area contributed by atoms with Gasteiger partial charge in [-0.25, -0.2) is 0 Å². The van der Waals surface area contributed by atoms with Crippen LogP contribution in [0, 0.1) is 0 Å². The molecule has 3 atom stereocenters. The van der Waals surface area contributed by atoms with Crippen molar-refractivity contribution >= 4 is 0 Å². The first-order chi connectivity index (χ1) is 10.3. The number of para-hydroxylation sites is 1. The molecule has 5 nitrogen and oxygen atoms in total. The number of nitrogens with zero attached hydrogens (tertiary/aromatic N) is 1. The first kappa shape index (κ1) is 14.8. The number of likely N-dealkylation sites (N-methyl/N-ethyl adjacent to an activating group) is 1. The van der Waals surface area contributed by atoms with Crippen molar-refractivity contribution in [3.63, 3.8) is 0 Å².